The zero-order valence-corrected chi connectivity index (χ0v) is 11.0. The number of benzene rings is 1. The molecule has 0 radical (unpaired) electrons. The van der Waals surface area contributed by atoms with Gasteiger partial charge in [-0.2, -0.15) is 0 Å². The molecule has 3 N–H and O–H groups in total. The van der Waals surface area contributed by atoms with Crippen molar-refractivity contribution in [1.82, 2.24) is 0 Å². The molecule has 18 heavy (non-hydrogen) atoms. The lowest BCUT2D eigenvalue weighted by atomic mass is 9.81. The fourth-order valence-electron chi connectivity index (χ4n) is 2.76. The summed E-state index contributed by atoms with van der Waals surface area (Å²) in [4.78, 5) is 10.9. The molecule has 1 aliphatic rings. The standard InChI is InChI=1S/C15H22N2O/c1-11(18)17-14-9-7-13(8-10-14)15(16)12-5-3-2-4-6-12/h7-10,12,15H,2-6,16H2,1H3,(H,17,18)/t15-/m0/s1. The smallest absolute Gasteiger partial charge is 0.221 e. The SMILES string of the molecule is CC(=O)Nc1ccc([C@@H](N)C2CCCCC2)cc1. The Morgan fingerprint density at radius 2 is 1.83 bits per heavy atom. The summed E-state index contributed by atoms with van der Waals surface area (Å²) < 4.78 is 0. The normalized spacial score (nSPS) is 18.3. The number of carbonyl (C=O) groups excluding carboxylic acids is 1. The maximum Gasteiger partial charge on any atom is 0.221 e. The maximum atomic E-state index is 10.9. The third-order valence-electron chi connectivity index (χ3n) is 3.77. The van der Waals surface area contributed by atoms with Crippen molar-refractivity contribution in [3.8, 4) is 0 Å². The van der Waals surface area contributed by atoms with E-state index in [0.29, 0.717) is 5.92 Å². The molecule has 0 aromatic heterocycles. The summed E-state index contributed by atoms with van der Waals surface area (Å²) in [5.41, 5.74) is 8.35. The summed E-state index contributed by atoms with van der Waals surface area (Å²) in [6.45, 7) is 1.52. The highest BCUT2D eigenvalue weighted by molar-refractivity contribution is 5.88. The van der Waals surface area contributed by atoms with Crippen molar-refractivity contribution >= 4 is 11.6 Å². The van der Waals surface area contributed by atoms with Gasteiger partial charge in [-0.3, -0.25) is 4.79 Å². The van der Waals surface area contributed by atoms with Crippen LogP contribution in [-0.2, 0) is 4.79 Å². The van der Waals surface area contributed by atoms with Gasteiger partial charge in [-0.05, 0) is 36.5 Å². The lowest BCUT2D eigenvalue weighted by Gasteiger charge is -2.27. The molecule has 3 heteroatoms. The Hall–Kier alpha value is -1.35. The van der Waals surface area contributed by atoms with Gasteiger partial charge >= 0.3 is 0 Å². The van der Waals surface area contributed by atoms with E-state index in [4.69, 9.17) is 5.73 Å². The average Bonchev–Trinajstić information content (AvgIpc) is 2.39. The van der Waals surface area contributed by atoms with Crippen LogP contribution in [0, 0.1) is 5.92 Å². The van der Waals surface area contributed by atoms with Crippen LogP contribution in [0.4, 0.5) is 5.69 Å². The van der Waals surface area contributed by atoms with Crippen LogP contribution in [0.25, 0.3) is 0 Å². The topological polar surface area (TPSA) is 55.1 Å². The predicted octanol–water partition coefficient (Wildman–Crippen LogP) is 3.23. The molecule has 1 fully saturated rings. The Labute approximate surface area is 109 Å². The molecule has 2 rings (SSSR count). The van der Waals surface area contributed by atoms with E-state index in [9.17, 15) is 4.79 Å². The van der Waals surface area contributed by atoms with Crippen molar-refractivity contribution in [2.24, 2.45) is 11.7 Å². The van der Waals surface area contributed by atoms with Crippen molar-refractivity contribution in [2.45, 2.75) is 45.1 Å². The average molecular weight is 246 g/mol. The molecule has 1 aliphatic carbocycles. The molecule has 0 aliphatic heterocycles. The van der Waals surface area contributed by atoms with Crippen LogP contribution >= 0.6 is 0 Å². The van der Waals surface area contributed by atoms with Crippen molar-refractivity contribution in [3.05, 3.63) is 29.8 Å². The molecule has 0 unspecified atom stereocenters. The van der Waals surface area contributed by atoms with Gasteiger partial charge in [-0.15, -0.1) is 0 Å². The number of nitrogens with two attached hydrogens (primary N) is 1. The fourth-order valence-corrected chi connectivity index (χ4v) is 2.76. The van der Waals surface area contributed by atoms with Gasteiger partial charge in [0.15, 0.2) is 0 Å². The monoisotopic (exact) mass is 246 g/mol. The highest BCUT2D eigenvalue weighted by Gasteiger charge is 2.21. The Morgan fingerprint density at radius 1 is 1.22 bits per heavy atom. The van der Waals surface area contributed by atoms with E-state index in [-0.39, 0.29) is 11.9 Å². The van der Waals surface area contributed by atoms with E-state index < -0.39 is 0 Å². The number of amides is 1. The third kappa shape index (κ3) is 3.33. The molecule has 3 nitrogen and oxygen atoms in total. The molecule has 1 aromatic carbocycles. The van der Waals surface area contributed by atoms with E-state index >= 15 is 0 Å². The van der Waals surface area contributed by atoms with Gasteiger partial charge in [-0.25, -0.2) is 0 Å². The summed E-state index contributed by atoms with van der Waals surface area (Å²) in [7, 11) is 0. The quantitative estimate of drug-likeness (QED) is 0.860. The number of hydrogen-bond acceptors (Lipinski definition) is 2. The lowest BCUT2D eigenvalue weighted by Crippen LogP contribution is -2.23. The van der Waals surface area contributed by atoms with Gasteiger partial charge in [-0.1, -0.05) is 31.4 Å². The molecule has 0 heterocycles. The van der Waals surface area contributed by atoms with Gasteiger partial charge in [0, 0.05) is 18.7 Å². The van der Waals surface area contributed by atoms with Gasteiger partial charge in [0.05, 0.1) is 0 Å². The fraction of sp³-hybridized carbons (Fsp3) is 0.533. The van der Waals surface area contributed by atoms with E-state index in [2.05, 4.69) is 5.32 Å². The first-order valence-electron chi connectivity index (χ1n) is 6.80. The second kappa shape index (κ2) is 6.01. The Morgan fingerprint density at radius 3 is 2.39 bits per heavy atom. The summed E-state index contributed by atoms with van der Waals surface area (Å²) in [5, 5.41) is 2.77. The Kier molecular flexibility index (Phi) is 4.37. The number of rotatable bonds is 3. The minimum absolute atomic E-state index is 0.0423. The lowest BCUT2D eigenvalue weighted by molar-refractivity contribution is -0.114. The molecule has 1 atom stereocenters. The summed E-state index contributed by atoms with van der Waals surface area (Å²) in [6, 6.07) is 8.06. The second-order valence-electron chi connectivity index (χ2n) is 5.23. The van der Waals surface area contributed by atoms with E-state index in [1.165, 1.54) is 44.6 Å². The van der Waals surface area contributed by atoms with E-state index in [0.717, 1.165) is 5.69 Å². The first kappa shape index (κ1) is 13.1. The predicted molar refractivity (Wildman–Crippen MR) is 74.2 cm³/mol. The molecule has 1 saturated carbocycles. The van der Waals surface area contributed by atoms with Crippen LogP contribution in [0.5, 0.6) is 0 Å². The van der Waals surface area contributed by atoms with Crippen LogP contribution in [0.2, 0.25) is 0 Å². The largest absolute Gasteiger partial charge is 0.326 e. The van der Waals surface area contributed by atoms with Crippen molar-refractivity contribution < 1.29 is 4.79 Å². The molecular weight excluding hydrogens is 224 g/mol. The zero-order valence-electron chi connectivity index (χ0n) is 11.0. The first-order chi connectivity index (χ1) is 8.66. The summed E-state index contributed by atoms with van der Waals surface area (Å²) in [5.74, 6) is 0.574. The molecule has 0 bridgehead atoms. The molecule has 98 valence electrons. The summed E-state index contributed by atoms with van der Waals surface area (Å²) >= 11 is 0. The van der Waals surface area contributed by atoms with Crippen LogP contribution in [-0.4, -0.2) is 5.91 Å². The third-order valence-corrected chi connectivity index (χ3v) is 3.77. The summed E-state index contributed by atoms with van der Waals surface area (Å²) in [6.07, 6.45) is 6.46. The molecule has 1 aromatic rings. The Bertz CT molecular complexity index is 393. The maximum absolute atomic E-state index is 10.9. The van der Waals surface area contributed by atoms with Crippen molar-refractivity contribution in [2.75, 3.05) is 5.32 Å². The molecule has 0 saturated heterocycles. The van der Waals surface area contributed by atoms with Gasteiger partial charge < -0.3 is 11.1 Å². The number of hydrogen-bond donors (Lipinski definition) is 2. The Balaban J connectivity index is 2.01. The zero-order chi connectivity index (χ0) is 13.0. The van der Waals surface area contributed by atoms with Gasteiger partial charge in [0.2, 0.25) is 5.91 Å². The van der Waals surface area contributed by atoms with Crippen molar-refractivity contribution in [3.63, 3.8) is 0 Å². The highest BCUT2D eigenvalue weighted by atomic mass is 16.1. The molecule has 1 amide bonds. The van der Waals surface area contributed by atoms with Crippen LogP contribution < -0.4 is 11.1 Å². The molecular formula is C15H22N2O. The van der Waals surface area contributed by atoms with Crippen LogP contribution in [0.3, 0.4) is 0 Å². The first-order valence-corrected chi connectivity index (χ1v) is 6.80. The van der Waals surface area contributed by atoms with E-state index in [1.807, 2.05) is 24.3 Å². The van der Waals surface area contributed by atoms with Gasteiger partial charge in [0.25, 0.3) is 0 Å². The minimum atomic E-state index is -0.0423. The number of nitrogens with one attached hydrogen (secondary N) is 1. The van der Waals surface area contributed by atoms with Crippen LogP contribution in [0.1, 0.15) is 50.6 Å². The number of anilines is 1. The number of carbonyl (C=O) groups is 1. The van der Waals surface area contributed by atoms with Crippen LogP contribution in [0.15, 0.2) is 24.3 Å². The highest BCUT2D eigenvalue weighted by Crippen LogP contribution is 2.33. The minimum Gasteiger partial charge on any atom is -0.326 e. The van der Waals surface area contributed by atoms with Crippen molar-refractivity contribution in [1.29, 1.82) is 0 Å². The molecule has 0 spiro atoms. The van der Waals surface area contributed by atoms with E-state index in [1.54, 1.807) is 0 Å². The second-order valence-corrected chi connectivity index (χ2v) is 5.23. The van der Waals surface area contributed by atoms with Gasteiger partial charge in [0.1, 0.15) is 0 Å².